The van der Waals surface area contributed by atoms with Crippen molar-refractivity contribution in [1.29, 1.82) is 0 Å². The fourth-order valence-electron chi connectivity index (χ4n) is 2.27. The van der Waals surface area contributed by atoms with Gasteiger partial charge in [-0.1, -0.05) is 57.9 Å². The van der Waals surface area contributed by atoms with E-state index < -0.39 is 0 Å². The Hall–Kier alpha value is -0.860. The monoisotopic (exact) mass is 340 g/mol. The average molecular weight is 342 g/mol. The Labute approximate surface area is 126 Å². The molecule has 0 aliphatic carbocycles. The summed E-state index contributed by atoms with van der Waals surface area (Å²) in [4.78, 5) is 0. The lowest BCUT2D eigenvalue weighted by molar-refractivity contribution is 0.599. The topological polar surface area (TPSA) is 0 Å². The molecular formula is C16H15BrClF. The molecule has 0 N–H and O–H groups in total. The minimum absolute atomic E-state index is 0.218. The second kappa shape index (κ2) is 6.53. The van der Waals surface area contributed by atoms with E-state index in [2.05, 4.69) is 35.0 Å². The van der Waals surface area contributed by atoms with Gasteiger partial charge in [0.25, 0.3) is 0 Å². The van der Waals surface area contributed by atoms with Gasteiger partial charge in [0.15, 0.2) is 0 Å². The summed E-state index contributed by atoms with van der Waals surface area (Å²) in [5, 5.41) is 1.28. The smallest absolute Gasteiger partial charge is 0.127 e. The van der Waals surface area contributed by atoms with Gasteiger partial charge in [0.2, 0.25) is 0 Å². The third-order valence-corrected chi connectivity index (χ3v) is 4.46. The predicted molar refractivity (Wildman–Crippen MR) is 82.8 cm³/mol. The first-order valence-corrected chi connectivity index (χ1v) is 7.67. The molecule has 0 spiro atoms. The SMILES string of the molecule is Cc1ccccc1C(CBr)Cc1c(F)cccc1Cl. The van der Waals surface area contributed by atoms with Crippen LogP contribution in [0.5, 0.6) is 0 Å². The van der Waals surface area contributed by atoms with Crippen molar-refractivity contribution in [3.8, 4) is 0 Å². The minimum atomic E-state index is -0.230. The summed E-state index contributed by atoms with van der Waals surface area (Å²) in [6, 6.07) is 13.0. The highest BCUT2D eigenvalue weighted by molar-refractivity contribution is 9.09. The molecule has 0 nitrogen and oxygen atoms in total. The van der Waals surface area contributed by atoms with Crippen LogP contribution < -0.4 is 0 Å². The van der Waals surface area contributed by atoms with Gasteiger partial charge in [0.1, 0.15) is 5.82 Å². The Morgan fingerprint density at radius 2 is 1.89 bits per heavy atom. The van der Waals surface area contributed by atoms with E-state index in [0.29, 0.717) is 17.0 Å². The summed E-state index contributed by atoms with van der Waals surface area (Å²) < 4.78 is 13.9. The molecule has 0 aromatic heterocycles. The van der Waals surface area contributed by atoms with E-state index in [9.17, 15) is 4.39 Å². The number of hydrogen-bond acceptors (Lipinski definition) is 0. The van der Waals surface area contributed by atoms with Gasteiger partial charge < -0.3 is 0 Å². The molecule has 1 atom stereocenters. The Bertz CT molecular complexity index is 548. The maximum atomic E-state index is 13.9. The number of hydrogen-bond donors (Lipinski definition) is 0. The van der Waals surface area contributed by atoms with E-state index in [1.807, 2.05) is 12.1 Å². The Morgan fingerprint density at radius 1 is 1.16 bits per heavy atom. The van der Waals surface area contributed by atoms with E-state index in [4.69, 9.17) is 11.6 Å². The second-order valence-electron chi connectivity index (χ2n) is 4.61. The molecule has 0 saturated heterocycles. The van der Waals surface area contributed by atoms with Gasteiger partial charge in [-0.2, -0.15) is 0 Å². The van der Waals surface area contributed by atoms with Gasteiger partial charge in [-0.15, -0.1) is 0 Å². The van der Waals surface area contributed by atoms with Gasteiger partial charge in [-0.25, -0.2) is 4.39 Å². The molecule has 0 heterocycles. The molecule has 19 heavy (non-hydrogen) atoms. The number of benzene rings is 2. The first kappa shape index (κ1) is 14.5. The van der Waals surface area contributed by atoms with Crippen LogP contribution in [0.25, 0.3) is 0 Å². The van der Waals surface area contributed by atoms with E-state index >= 15 is 0 Å². The maximum Gasteiger partial charge on any atom is 0.127 e. The Morgan fingerprint density at radius 3 is 2.53 bits per heavy atom. The van der Waals surface area contributed by atoms with E-state index in [-0.39, 0.29) is 11.7 Å². The van der Waals surface area contributed by atoms with Crippen LogP contribution in [0, 0.1) is 12.7 Å². The van der Waals surface area contributed by atoms with Crippen LogP contribution in [-0.4, -0.2) is 5.33 Å². The van der Waals surface area contributed by atoms with Crippen molar-refractivity contribution in [2.24, 2.45) is 0 Å². The van der Waals surface area contributed by atoms with Crippen molar-refractivity contribution in [3.05, 3.63) is 70.0 Å². The lowest BCUT2D eigenvalue weighted by Crippen LogP contribution is -2.08. The highest BCUT2D eigenvalue weighted by Crippen LogP contribution is 2.29. The highest BCUT2D eigenvalue weighted by Gasteiger charge is 2.17. The lowest BCUT2D eigenvalue weighted by atomic mass is 9.90. The van der Waals surface area contributed by atoms with Crippen LogP contribution >= 0.6 is 27.5 Å². The predicted octanol–water partition coefficient (Wildman–Crippen LogP) is 5.51. The van der Waals surface area contributed by atoms with Crippen LogP contribution in [0.3, 0.4) is 0 Å². The van der Waals surface area contributed by atoms with Crippen molar-refractivity contribution >= 4 is 27.5 Å². The molecule has 0 amide bonds. The number of aryl methyl sites for hydroxylation is 1. The standard InChI is InChI=1S/C16H15BrClF/c1-11-5-2-3-6-13(11)12(10-17)9-14-15(18)7-4-8-16(14)19/h2-8,12H,9-10H2,1H3. The van der Waals surface area contributed by atoms with Crippen LogP contribution in [0.1, 0.15) is 22.6 Å². The van der Waals surface area contributed by atoms with Gasteiger partial charge in [0, 0.05) is 15.9 Å². The molecule has 0 fully saturated rings. The molecular weight excluding hydrogens is 327 g/mol. The molecule has 3 heteroatoms. The van der Waals surface area contributed by atoms with Gasteiger partial charge >= 0.3 is 0 Å². The van der Waals surface area contributed by atoms with Gasteiger partial charge in [-0.05, 0) is 42.5 Å². The van der Waals surface area contributed by atoms with Crippen molar-refractivity contribution in [2.45, 2.75) is 19.3 Å². The molecule has 2 rings (SSSR count). The lowest BCUT2D eigenvalue weighted by Gasteiger charge is -2.18. The molecule has 0 bridgehead atoms. The van der Waals surface area contributed by atoms with Crippen molar-refractivity contribution in [3.63, 3.8) is 0 Å². The Kier molecular flexibility index (Phi) is 5.00. The summed E-state index contributed by atoms with van der Waals surface area (Å²) in [6.07, 6.45) is 0.599. The van der Waals surface area contributed by atoms with Gasteiger partial charge in [0.05, 0.1) is 0 Å². The van der Waals surface area contributed by atoms with Crippen LogP contribution in [0.15, 0.2) is 42.5 Å². The zero-order valence-corrected chi connectivity index (χ0v) is 13.0. The fraction of sp³-hybridized carbons (Fsp3) is 0.250. The third kappa shape index (κ3) is 3.37. The Balaban J connectivity index is 2.32. The third-order valence-electron chi connectivity index (χ3n) is 3.33. The van der Waals surface area contributed by atoms with Crippen molar-refractivity contribution in [2.75, 3.05) is 5.33 Å². The molecule has 0 radical (unpaired) electrons. The van der Waals surface area contributed by atoms with E-state index in [1.54, 1.807) is 12.1 Å². The van der Waals surface area contributed by atoms with Crippen LogP contribution in [0.2, 0.25) is 5.02 Å². The van der Waals surface area contributed by atoms with E-state index in [0.717, 1.165) is 5.33 Å². The van der Waals surface area contributed by atoms with Crippen molar-refractivity contribution < 1.29 is 4.39 Å². The molecule has 100 valence electrons. The summed E-state index contributed by atoms with van der Waals surface area (Å²) >= 11 is 9.63. The summed E-state index contributed by atoms with van der Waals surface area (Å²) in [5.74, 6) is -0.0114. The molecule has 0 aliphatic heterocycles. The first-order chi connectivity index (χ1) is 9.13. The average Bonchev–Trinajstić information content (AvgIpc) is 2.40. The number of rotatable bonds is 4. The number of halogens is 3. The number of alkyl halides is 1. The van der Waals surface area contributed by atoms with Crippen molar-refractivity contribution in [1.82, 2.24) is 0 Å². The molecule has 2 aromatic rings. The molecule has 1 unspecified atom stereocenters. The normalized spacial score (nSPS) is 12.4. The zero-order chi connectivity index (χ0) is 13.8. The highest BCUT2D eigenvalue weighted by atomic mass is 79.9. The van der Waals surface area contributed by atoms with Crippen LogP contribution in [-0.2, 0) is 6.42 Å². The largest absolute Gasteiger partial charge is 0.207 e. The van der Waals surface area contributed by atoms with Gasteiger partial charge in [-0.3, -0.25) is 0 Å². The molecule has 2 aromatic carbocycles. The maximum absolute atomic E-state index is 13.9. The second-order valence-corrected chi connectivity index (χ2v) is 5.67. The fourth-order valence-corrected chi connectivity index (χ4v) is 3.08. The summed E-state index contributed by atoms with van der Waals surface area (Å²) in [6.45, 7) is 2.08. The first-order valence-electron chi connectivity index (χ1n) is 6.18. The molecule has 0 saturated carbocycles. The summed E-state index contributed by atoms with van der Waals surface area (Å²) in [5.41, 5.74) is 3.05. The zero-order valence-electron chi connectivity index (χ0n) is 10.7. The van der Waals surface area contributed by atoms with E-state index in [1.165, 1.54) is 17.2 Å². The minimum Gasteiger partial charge on any atom is -0.207 e. The quantitative estimate of drug-likeness (QED) is 0.643. The summed E-state index contributed by atoms with van der Waals surface area (Å²) in [7, 11) is 0. The molecule has 0 aliphatic rings. The van der Waals surface area contributed by atoms with Crippen LogP contribution in [0.4, 0.5) is 4.39 Å².